The molecule has 0 spiro atoms. The largest absolute Gasteiger partial charge is 0.493 e. The molecule has 4 unspecified atom stereocenters. The third kappa shape index (κ3) is 8.36. The molecule has 1 aromatic rings. The van der Waals surface area contributed by atoms with Crippen LogP contribution in [0.2, 0.25) is 0 Å². The van der Waals surface area contributed by atoms with Crippen molar-refractivity contribution in [3.63, 3.8) is 0 Å². The van der Waals surface area contributed by atoms with Crippen LogP contribution in [0.15, 0.2) is 12.3 Å². The normalized spacial score (nSPS) is 21.4. The Balaban J connectivity index is 2.21. The van der Waals surface area contributed by atoms with Gasteiger partial charge in [-0.3, -0.25) is 19.2 Å². The first kappa shape index (κ1) is 28.8. The van der Waals surface area contributed by atoms with Gasteiger partial charge in [0.15, 0.2) is 29.7 Å². The molecular weight excluding hydrogens is 476 g/mol. The number of esters is 3. The zero-order chi connectivity index (χ0) is 27.0. The summed E-state index contributed by atoms with van der Waals surface area (Å²) < 4.78 is 26.6. The van der Waals surface area contributed by atoms with Gasteiger partial charge in [-0.15, -0.1) is 0 Å². The minimum atomic E-state index is -1.40. The molecule has 12 nitrogen and oxygen atoms in total. The molecule has 2 heterocycles. The SMILES string of the molecule is COc1ccnc(C(=O)NC2CC(=O)OC(C)C(OC(=O)C(C)C)CC(=O)O2)c1OC(O)CC(C)C. The van der Waals surface area contributed by atoms with Crippen molar-refractivity contribution in [3.05, 3.63) is 18.0 Å². The smallest absolute Gasteiger partial charge is 0.311 e. The highest BCUT2D eigenvalue weighted by atomic mass is 16.6. The van der Waals surface area contributed by atoms with Crippen LogP contribution in [0.4, 0.5) is 0 Å². The maximum atomic E-state index is 13.0. The minimum Gasteiger partial charge on any atom is -0.493 e. The number of carbonyl (C=O) groups is 4. The number of nitrogens with zero attached hydrogens (tertiary/aromatic N) is 1. The van der Waals surface area contributed by atoms with E-state index in [-0.39, 0.29) is 36.0 Å². The topological polar surface area (TPSA) is 160 Å². The lowest BCUT2D eigenvalue weighted by Crippen LogP contribution is -2.40. The number of pyridine rings is 1. The van der Waals surface area contributed by atoms with Crippen LogP contribution in [0, 0.1) is 11.8 Å². The highest BCUT2D eigenvalue weighted by Gasteiger charge is 2.34. The maximum Gasteiger partial charge on any atom is 0.311 e. The van der Waals surface area contributed by atoms with Gasteiger partial charge in [0.05, 0.1) is 19.4 Å². The van der Waals surface area contributed by atoms with Crippen molar-refractivity contribution in [1.82, 2.24) is 10.3 Å². The van der Waals surface area contributed by atoms with Gasteiger partial charge in [0.25, 0.3) is 5.91 Å². The molecule has 1 aliphatic heterocycles. The number of hydrogen-bond acceptors (Lipinski definition) is 11. The first-order valence-electron chi connectivity index (χ1n) is 11.7. The van der Waals surface area contributed by atoms with E-state index < -0.39 is 60.9 Å². The summed E-state index contributed by atoms with van der Waals surface area (Å²) in [6, 6.07) is 1.45. The molecule has 4 atom stereocenters. The van der Waals surface area contributed by atoms with Gasteiger partial charge in [0.1, 0.15) is 18.6 Å². The van der Waals surface area contributed by atoms with Crippen molar-refractivity contribution >= 4 is 23.8 Å². The Bertz CT molecular complexity index is 949. The molecule has 1 saturated heterocycles. The lowest BCUT2D eigenvalue weighted by molar-refractivity contribution is -0.170. The number of carbonyl (C=O) groups excluding carboxylic acids is 4. The molecule has 36 heavy (non-hydrogen) atoms. The monoisotopic (exact) mass is 510 g/mol. The van der Waals surface area contributed by atoms with E-state index in [2.05, 4.69) is 10.3 Å². The van der Waals surface area contributed by atoms with Crippen molar-refractivity contribution in [2.24, 2.45) is 11.8 Å². The molecule has 1 amide bonds. The van der Waals surface area contributed by atoms with Gasteiger partial charge >= 0.3 is 17.9 Å². The maximum absolute atomic E-state index is 13.0. The van der Waals surface area contributed by atoms with Crippen LogP contribution in [0.1, 0.15) is 64.4 Å². The van der Waals surface area contributed by atoms with Crippen LogP contribution in [0.3, 0.4) is 0 Å². The van der Waals surface area contributed by atoms with Crippen molar-refractivity contribution in [3.8, 4) is 11.5 Å². The molecule has 0 bridgehead atoms. The Kier molecular flexibility index (Phi) is 10.5. The standard InChI is InChI=1S/C24H34N2O10/c1-12(2)9-18(27)36-22-15(32-6)7-8-25-21(22)23(30)26-17-11-20(29)33-14(5)16(10-19(28)35-17)34-24(31)13(3)4/h7-8,12-14,16-18,27H,9-11H2,1-6H3,(H,26,30). The highest BCUT2D eigenvalue weighted by Crippen LogP contribution is 2.31. The summed E-state index contributed by atoms with van der Waals surface area (Å²) in [5.41, 5.74) is -0.251. The van der Waals surface area contributed by atoms with E-state index in [9.17, 15) is 24.3 Å². The van der Waals surface area contributed by atoms with E-state index in [1.54, 1.807) is 13.8 Å². The Morgan fingerprint density at radius 2 is 1.83 bits per heavy atom. The van der Waals surface area contributed by atoms with Crippen LogP contribution >= 0.6 is 0 Å². The van der Waals surface area contributed by atoms with Gasteiger partial charge < -0.3 is 34.1 Å². The van der Waals surface area contributed by atoms with Crippen LogP contribution in [0.5, 0.6) is 11.5 Å². The summed E-state index contributed by atoms with van der Waals surface area (Å²) in [5, 5.41) is 12.6. The number of amides is 1. The molecule has 2 rings (SSSR count). The molecule has 1 fully saturated rings. The van der Waals surface area contributed by atoms with Crippen molar-refractivity contribution in [2.75, 3.05) is 7.11 Å². The summed E-state index contributed by atoms with van der Waals surface area (Å²) in [5.74, 6) is -3.31. The van der Waals surface area contributed by atoms with Crippen molar-refractivity contribution in [2.45, 2.75) is 78.6 Å². The van der Waals surface area contributed by atoms with E-state index in [0.717, 1.165) is 0 Å². The molecule has 0 saturated carbocycles. The number of aromatic nitrogens is 1. The summed E-state index contributed by atoms with van der Waals surface area (Å²) in [4.78, 5) is 54.0. The van der Waals surface area contributed by atoms with Crippen LogP contribution in [-0.2, 0) is 28.6 Å². The molecule has 2 N–H and O–H groups in total. The third-order valence-corrected chi connectivity index (χ3v) is 5.10. The van der Waals surface area contributed by atoms with Crippen LogP contribution in [0.25, 0.3) is 0 Å². The number of aliphatic hydroxyl groups excluding tert-OH is 1. The number of rotatable bonds is 9. The molecule has 0 aliphatic carbocycles. The molecule has 1 aromatic heterocycles. The molecule has 12 heteroatoms. The molecule has 0 aromatic carbocycles. The highest BCUT2D eigenvalue weighted by molar-refractivity contribution is 5.96. The molecule has 0 radical (unpaired) electrons. The first-order valence-corrected chi connectivity index (χ1v) is 11.7. The van der Waals surface area contributed by atoms with Gasteiger partial charge in [-0.25, -0.2) is 4.98 Å². The van der Waals surface area contributed by atoms with Crippen molar-refractivity contribution in [1.29, 1.82) is 0 Å². The second-order valence-corrected chi connectivity index (χ2v) is 9.08. The Hall–Kier alpha value is -3.41. The Morgan fingerprint density at radius 3 is 2.44 bits per heavy atom. The van der Waals surface area contributed by atoms with Crippen LogP contribution in [-0.4, -0.2) is 65.7 Å². The van der Waals surface area contributed by atoms with E-state index in [1.165, 1.54) is 26.3 Å². The predicted octanol–water partition coefficient (Wildman–Crippen LogP) is 1.73. The van der Waals surface area contributed by atoms with Crippen LogP contribution < -0.4 is 14.8 Å². The second-order valence-electron chi connectivity index (χ2n) is 9.08. The molecule has 1 aliphatic rings. The number of methoxy groups -OCH3 is 1. The summed E-state index contributed by atoms with van der Waals surface area (Å²) in [6.07, 6.45) is -3.89. The van der Waals surface area contributed by atoms with Gasteiger partial charge in [-0.05, 0) is 12.8 Å². The van der Waals surface area contributed by atoms with Gasteiger partial charge in [-0.2, -0.15) is 0 Å². The Labute approximate surface area is 209 Å². The Morgan fingerprint density at radius 1 is 1.17 bits per heavy atom. The van der Waals surface area contributed by atoms with Gasteiger partial charge in [0, 0.05) is 18.7 Å². The number of nitrogens with one attached hydrogen (secondary N) is 1. The number of hydrogen-bond donors (Lipinski definition) is 2. The van der Waals surface area contributed by atoms with E-state index >= 15 is 0 Å². The predicted molar refractivity (Wildman–Crippen MR) is 124 cm³/mol. The zero-order valence-electron chi connectivity index (χ0n) is 21.3. The first-order chi connectivity index (χ1) is 16.9. The average molecular weight is 511 g/mol. The zero-order valence-corrected chi connectivity index (χ0v) is 21.3. The molecular formula is C24H34N2O10. The second kappa shape index (κ2) is 13.1. The van der Waals surface area contributed by atoms with E-state index in [1.807, 2.05) is 13.8 Å². The van der Waals surface area contributed by atoms with Crippen molar-refractivity contribution < 1.29 is 48.0 Å². The quantitative estimate of drug-likeness (QED) is 0.283. The minimum absolute atomic E-state index is 0.107. The lowest BCUT2D eigenvalue weighted by atomic mass is 10.1. The number of aliphatic hydroxyl groups is 1. The van der Waals surface area contributed by atoms with Gasteiger partial charge in [-0.1, -0.05) is 27.7 Å². The number of ether oxygens (including phenoxy) is 5. The van der Waals surface area contributed by atoms with E-state index in [4.69, 9.17) is 23.7 Å². The third-order valence-electron chi connectivity index (χ3n) is 5.10. The number of cyclic esters (lactones) is 2. The fourth-order valence-corrected chi connectivity index (χ4v) is 3.23. The summed E-state index contributed by atoms with van der Waals surface area (Å²) >= 11 is 0. The van der Waals surface area contributed by atoms with Gasteiger partial charge in [0.2, 0.25) is 0 Å². The lowest BCUT2D eigenvalue weighted by Gasteiger charge is -2.23. The fraction of sp³-hybridized carbons (Fsp3) is 0.625. The average Bonchev–Trinajstić information content (AvgIpc) is 2.81. The molecule has 200 valence electrons. The van der Waals surface area contributed by atoms with E-state index in [0.29, 0.717) is 0 Å². The fourth-order valence-electron chi connectivity index (χ4n) is 3.23. The summed E-state index contributed by atoms with van der Waals surface area (Å²) in [6.45, 7) is 8.53. The summed E-state index contributed by atoms with van der Waals surface area (Å²) in [7, 11) is 1.36.